The number of hydrogen-bond donors (Lipinski definition) is 3. The number of nitroso groups, excluding NO2 is 1. The lowest BCUT2D eigenvalue weighted by Crippen LogP contribution is -2.70. The number of nitrogens with zero attached hydrogens (tertiary/aromatic N) is 4. The highest BCUT2D eigenvalue weighted by molar-refractivity contribution is 8.06. The van der Waals surface area contributed by atoms with Crippen LogP contribution >= 0.6 is 34.9 Å². The van der Waals surface area contributed by atoms with Gasteiger partial charge in [0.15, 0.2) is 5.13 Å². The summed E-state index contributed by atoms with van der Waals surface area (Å²) in [4.78, 5) is 53.0. The first kappa shape index (κ1) is 20.1. The van der Waals surface area contributed by atoms with E-state index in [1.807, 2.05) is 6.07 Å². The third-order valence-corrected chi connectivity index (χ3v) is 7.03. The summed E-state index contributed by atoms with van der Waals surface area (Å²) in [5.41, 5.74) is 5.39. The molecular formula is C14H12N6O5S3. The highest BCUT2D eigenvalue weighted by Gasteiger charge is 2.54. The molecule has 3 rings (SSSR count). The van der Waals surface area contributed by atoms with E-state index >= 15 is 0 Å². The van der Waals surface area contributed by atoms with Crippen LogP contribution in [0.2, 0.25) is 0 Å². The fourth-order valence-electron chi connectivity index (χ4n) is 2.72. The summed E-state index contributed by atoms with van der Waals surface area (Å²) < 4.78 is 0. The molecular weight excluding hydrogens is 428 g/mol. The summed E-state index contributed by atoms with van der Waals surface area (Å²) in [5.74, 6) is -2.37. The molecule has 1 aromatic rings. The molecule has 0 bridgehead atoms. The first-order valence-corrected chi connectivity index (χ1v) is 10.5. The van der Waals surface area contributed by atoms with Gasteiger partial charge in [-0.1, -0.05) is 0 Å². The molecule has 28 heavy (non-hydrogen) atoms. The Kier molecular flexibility index (Phi) is 5.87. The third kappa shape index (κ3) is 3.55. The maximum Gasteiger partial charge on any atom is 0.353 e. The van der Waals surface area contributed by atoms with E-state index in [1.165, 1.54) is 17.1 Å². The highest BCUT2D eigenvalue weighted by Crippen LogP contribution is 2.43. The number of aliphatic carboxylic acids is 1. The number of aromatic nitrogens is 1. The molecule has 11 nitrogen and oxygen atoms in total. The van der Waals surface area contributed by atoms with Gasteiger partial charge in [0.05, 0.1) is 17.5 Å². The van der Waals surface area contributed by atoms with Crippen molar-refractivity contribution in [2.45, 2.75) is 17.5 Å². The van der Waals surface area contributed by atoms with Crippen molar-refractivity contribution in [3.05, 3.63) is 26.6 Å². The number of β-lactam (4-membered cyclic amide) rings is 1. The van der Waals surface area contributed by atoms with Gasteiger partial charge >= 0.3 is 5.97 Å². The number of anilines is 1. The van der Waals surface area contributed by atoms with Gasteiger partial charge in [0.25, 0.3) is 11.8 Å². The molecule has 1 fully saturated rings. The fraction of sp³-hybridized carbons (Fsp3) is 0.357. The molecule has 146 valence electrons. The van der Waals surface area contributed by atoms with E-state index in [2.05, 4.69) is 15.5 Å². The number of carboxylic acid groups (broad SMARTS) is 1. The third-order valence-electron chi connectivity index (χ3n) is 3.92. The number of carbonyl (C=O) groups excluding carboxylic acids is 2. The summed E-state index contributed by atoms with van der Waals surface area (Å²) in [6.07, 6.45) is 0. The lowest BCUT2D eigenvalue weighted by Gasteiger charge is -2.49. The van der Waals surface area contributed by atoms with E-state index in [-0.39, 0.29) is 28.0 Å². The van der Waals surface area contributed by atoms with Gasteiger partial charge in [-0.3, -0.25) is 14.5 Å². The molecule has 1 unspecified atom stereocenters. The summed E-state index contributed by atoms with van der Waals surface area (Å²) in [6.45, 7) is 0. The van der Waals surface area contributed by atoms with E-state index in [9.17, 15) is 24.4 Å². The average Bonchev–Trinajstić information content (AvgIpc) is 3.09. The zero-order valence-corrected chi connectivity index (χ0v) is 16.3. The number of thioether (sulfide) groups is 2. The molecule has 14 heteroatoms. The van der Waals surface area contributed by atoms with Crippen LogP contribution in [0.4, 0.5) is 5.13 Å². The Morgan fingerprint density at radius 2 is 2.36 bits per heavy atom. The fourth-order valence-corrected chi connectivity index (χ4v) is 5.59. The van der Waals surface area contributed by atoms with Crippen LogP contribution in [0.5, 0.6) is 0 Å². The summed E-state index contributed by atoms with van der Waals surface area (Å²) >= 11 is 3.37. The Morgan fingerprint density at radius 3 is 2.93 bits per heavy atom. The number of amides is 2. The highest BCUT2D eigenvalue weighted by atomic mass is 32.2. The Hall–Kier alpha value is -2.63. The molecule has 0 radical (unpaired) electrons. The standard InChI is InChI=1S/C14H12N6O5S3/c15-1-2-26-6-4-27-12-8(11(22)20(12)9(6)13(23)24)18-10(21)7(19-25)5-3-28-14(16)17-5/h3,7-8,12H,2,4H2,(H2,16,17)(H,18,21)(H,23,24)/t7?,8-,12+/m1/s1. The zero-order valence-electron chi connectivity index (χ0n) is 13.9. The second kappa shape index (κ2) is 8.17. The molecule has 0 spiro atoms. The summed E-state index contributed by atoms with van der Waals surface area (Å²) in [6, 6.07) is -0.536. The second-order valence-corrected chi connectivity index (χ2v) is 8.60. The predicted molar refractivity (Wildman–Crippen MR) is 103 cm³/mol. The summed E-state index contributed by atoms with van der Waals surface area (Å²) in [5, 5.41) is 24.3. The van der Waals surface area contributed by atoms with Gasteiger partial charge in [-0.05, 0) is 5.18 Å². The Labute approximate surface area is 170 Å². The van der Waals surface area contributed by atoms with Gasteiger partial charge < -0.3 is 16.2 Å². The minimum atomic E-state index is -1.46. The molecule has 0 saturated carbocycles. The van der Waals surface area contributed by atoms with Crippen molar-refractivity contribution in [1.82, 2.24) is 15.2 Å². The first-order valence-electron chi connectivity index (χ1n) is 7.63. The number of nitrogens with one attached hydrogen (secondary N) is 1. The van der Waals surface area contributed by atoms with Crippen LogP contribution in [-0.4, -0.2) is 55.7 Å². The second-order valence-electron chi connectivity index (χ2n) is 5.54. The van der Waals surface area contributed by atoms with Gasteiger partial charge in [-0.25, -0.2) is 9.78 Å². The Morgan fingerprint density at radius 1 is 1.61 bits per heavy atom. The van der Waals surface area contributed by atoms with Gasteiger partial charge in [-0.2, -0.15) is 5.26 Å². The molecule has 0 aliphatic carbocycles. The van der Waals surface area contributed by atoms with Crippen LogP contribution in [0.15, 0.2) is 21.2 Å². The number of nitriles is 1. The minimum absolute atomic E-state index is 0.0585. The molecule has 3 atom stereocenters. The number of nitrogens with two attached hydrogens (primary N) is 1. The quantitative estimate of drug-likeness (QED) is 0.399. The number of rotatable bonds is 7. The monoisotopic (exact) mass is 440 g/mol. The maximum atomic E-state index is 12.5. The van der Waals surface area contributed by atoms with Crippen molar-refractivity contribution in [1.29, 1.82) is 5.26 Å². The lowest BCUT2D eigenvalue weighted by atomic mass is 10.0. The van der Waals surface area contributed by atoms with Crippen LogP contribution in [0.25, 0.3) is 0 Å². The van der Waals surface area contributed by atoms with Crippen LogP contribution in [0, 0.1) is 16.2 Å². The molecule has 4 N–H and O–H groups in total. The van der Waals surface area contributed by atoms with E-state index in [0.717, 1.165) is 28.0 Å². The van der Waals surface area contributed by atoms with Crippen molar-refractivity contribution in [3.63, 3.8) is 0 Å². The van der Waals surface area contributed by atoms with Gasteiger partial charge in [0.2, 0.25) is 6.04 Å². The summed E-state index contributed by atoms with van der Waals surface area (Å²) in [7, 11) is 0. The van der Waals surface area contributed by atoms with Gasteiger partial charge in [0, 0.05) is 16.0 Å². The van der Waals surface area contributed by atoms with E-state index < -0.39 is 35.2 Å². The van der Waals surface area contributed by atoms with Crippen molar-refractivity contribution in [2.75, 3.05) is 17.2 Å². The smallest absolute Gasteiger partial charge is 0.353 e. The average molecular weight is 440 g/mol. The van der Waals surface area contributed by atoms with E-state index in [1.54, 1.807) is 0 Å². The SMILES string of the molecule is N#CCSC1=C(C(=O)O)N2C(=O)[C@@H](NC(=O)C(N=O)c3csc(N)n3)[C@@H]2SC1. The molecule has 2 aliphatic heterocycles. The first-order chi connectivity index (χ1) is 13.4. The molecule has 1 saturated heterocycles. The van der Waals surface area contributed by atoms with E-state index in [0.29, 0.717) is 4.91 Å². The Bertz CT molecular complexity index is 925. The van der Waals surface area contributed by atoms with E-state index in [4.69, 9.17) is 11.0 Å². The number of thiazole rings is 1. The molecule has 2 amide bonds. The number of carboxylic acids is 1. The Balaban J connectivity index is 1.75. The molecule has 2 aliphatic rings. The number of nitrogen functional groups attached to an aromatic ring is 1. The van der Waals surface area contributed by atoms with Crippen LogP contribution in [0.1, 0.15) is 11.7 Å². The molecule has 0 aromatic carbocycles. The molecule has 1 aromatic heterocycles. The number of fused-ring (bicyclic) bond motifs is 1. The van der Waals surface area contributed by atoms with Gasteiger partial charge in [-0.15, -0.1) is 39.8 Å². The van der Waals surface area contributed by atoms with Crippen molar-refractivity contribution < 1.29 is 19.5 Å². The number of carbonyl (C=O) groups is 3. The largest absolute Gasteiger partial charge is 0.477 e. The minimum Gasteiger partial charge on any atom is -0.477 e. The van der Waals surface area contributed by atoms with Crippen LogP contribution in [0.3, 0.4) is 0 Å². The van der Waals surface area contributed by atoms with Crippen molar-refractivity contribution >= 4 is 57.8 Å². The predicted octanol–water partition coefficient (Wildman–Crippen LogP) is 0.486. The van der Waals surface area contributed by atoms with Gasteiger partial charge in [0.1, 0.15) is 17.1 Å². The molecule has 3 heterocycles. The van der Waals surface area contributed by atoms with Crippen LogP contribution in [-0.2, 0) is 14.4 Å². The van der Waals surface area contributed by atoms with Crippen molar-refractivity contribution in [3.8, 4) is 6.07 Å². The maximum absolute atomic E-state index is 12.5. The van der Waals surface area contributed by atoms with Crippen molar-refractivity contribution in [2.24, 2.45) is 5.18 Å². The van der Waals surface area contributed by atoms with Crippen LogP contribution < -0.4 is 11.1 Å². The topological polar surface area (TPSA) is 179 Å². The normalized spacial score (nSPS) is 22.0. The number of hydrogen-bond acceptors (Lipinski definition) is 11. The zero-order chi connectivity index (χ0) is 20.4. The lowest BCUT2D eigenvalue weighted by molar-refractivity contribution is -0.150.